The van der Waals surface area contributed by atoms with E-state index in [1.807, 2.05) is 19.1 Å². The van der Waals surface area contributed by atoms with Crippen LogP contribution in [0.25, 0.3) is 17.6 Å². The Morgan fingerprint density at radius 3 is 2.20 bits per heavy atom. The van der Waals surface area contributed by atoms with E-state index in [0.29, 0.717) is 36.4 Å². The Morgan fingerprint density at radius 2 is 1.61 bits per heavy atom. The largest absolute Gasteiger partial charge is 0.433 e. The summed E-state index contributed by atoms with van der Waals surface area (Å²) < 4.78 is 44.5. The van der Waals surface area contributed by atoms with Crippen LogP contribution in [0, 0.1) is 18.8 Å². The Bertz CT molecular complexity index is 1260. The zero-order valence-corrected chi connectivity index (χ0v) is 32.2. The molecule has 4 rings (SSSR count). The average molecular weight is 665 g/mol. The molecule has 2 saturated heterocycles. The standard InChI is InChI=1S/C32H56N2O7Si3/c1-20(15-29-33-18-28(36-29)25-16-21(2)34-38-25)14-26-32(41-44(11,12)13)31(40-43(8,9)10)24(19-35-26)17-27-30(37-27)22(3)23(4)39-42(5,6)7/h15-16,18,22-24,26-27,30-32H,14,17,19H2,1-13H3/b20-15+/t22-,23-,24-,26-,27-,30-,31+,32-/m0/s1. The second-order valence-electron chi connectivity index (χ2n) is 15.8. The van der Waals surface area contributed by atoms with Crippen molar-refractivity contribution in [1.29, 1.82) is 0 Å². The molecule has 0 spiro atoms. The Hall–Kier alpha value is -1.39. The van der Waals surface area contributed by atoms with Gasteiger partial charge in [0.2, 0.25) is 11.7 Å². The van der Waals surface area contributed by atoms with Gasteiger partial charge in [0, 0.05) is 24.0 Å². The highest BCUT2D eigenvalue weighted by Crippen LogP contribution is 2.41. The summed E-state index contributed by atoms with van der Waals surface area (Å²) in [6.45, 7) is 29.3. The highest BCUT2D eigenvalue weighted by molar-refractivity contribution is 6.70. The van der Waals surface area contributed by atoms with E-state index in [2.05, 4.69) is 89.8 Å². The van der Waals surface area contributed by atoms with E-state index in [4.69, 9.17) is 31.7 Å². The molecule has 0 saturated carbocycles. The van der Waals surface area contributed by atoms with E-state index in [0.717, 1.165) is 17.7 Å². The van der Waals surface area contributed by atoms with Gasteiger partial charge in [0.25, 0.3) is 0 Å². The molecule has 2 aromatic rings. The smallest absolute Gasteiger partial charge is 0.219 e. The predicted octanol–water partition coefficient (Wildman–Crippen LogP) is 7.92. The number of hydrogen-bond acceptors (Lipinski definition) is 9. The van der Waals surface area contributed by atoms with Gasteiger partial charge in [0.05, 0.1) is 49.0 Å². The number of rotatable bonds is 14. The van der Waals surface area contributed by atoms with Crippen LogP contribution in [0.4, 0.5) is 0 Å². The molecule has 0 N–H and O–H groups in total. The lowest BCUT2D eigenvalue weighted by Gasteiger charge is -2.47. The molecule has 0 radical (unpaired) electrons. The minimum Gasteiger partial charge on any atom is -0.433 e. The summed E-state index contributed by atoms with van der Waals surface area (Å²) in [5.41, 5.74) is 1.90. The average Bonchev–Trinajstić information content (AvgIpc) is 3.23. The van der Waals surface area contributed by atoms with Gasteiger partial charge in [-0.3, -0.25) is 0 Å². The molecular weight excluding hydrogens is 609 g/mol. The van der Waals surface area contributed by atoms with Crippen molar-refractivity contribution in [1.82, 2.24) is 10.1 Å². The van der Waals surface area contributed by atoms with Gasteiger partial charge < -0.3 is 31.7 Å². The van der Waals surface area contributed by atoms with Gasteiger partial charge >= 0.3 is 0 Å². The minimum absolute atomic E-state index is 0.0567. The summed E-state index contributed by atoms with van der Waals surface area (Å²) in [6.07, 6.45) is 5.44. The molecule has 0 aliphatic carbocycles. The third-order valence-corrected chi connectivity index (χ3v) is 10.9. The highest BCUT2D eigenvalue weighted by Gasteiger charge is 2.51. The maximum absolute atomic E-state index is 6.99. The molecule has 248 valence electrons. The molecule has 44 heavy (non-hydrogen) atoms. The van der Waals surface area contributed by atoms with Crippen molar-refractivity contribution in [2.24, 2.45) is 11.8 Å². The van der Waals surface area contributed by atoms with Crippen molar-refractivity contribution in [2.75, 3.05) is 6.61 Å². The maximum atomic E-state index is 6.99. The molecule has 4 heterocycles. The van der Waals surface area contributed by atoms with Crippen LogP contribution in [-0.2, 0) is 22.8 Å². The van der Waals surface area contributed by atoms with E-state index in [1.54, 1.807) is 6.20 Å². The first-order valence-electron chi connectivity index (χ1n) is 16.2. The van der Waals surface area contributed by atoms with Gasteiger partial charge in [-0.25, -0.2) is 4.98 Å². The summed E-state index contributed by atoms with van der Waals surface area (Å²) in [6, 6.07) is 1.83. The van der Waals surface area contributed by atoms with E-state index in [9.17, 15) is 0 Å². The number of oxazole rings is 1. The molecule has 2 fully saturated rings. The first-order valence-corrected chi connectivity index (χ1v) is 26.4. The number of aryl methyl sites for hydroxylation is 1. The van der Waals surface area contributed by atoms with E-state index in [1.165, 1.54) is 0 Å². The van der Waals surface area contributed by atoms with Crippen molar-refractivity contribution in [2.45, 2.75) is 136 Å². The van der Waals surface area contributed by atoms with Gasteiger partial charge in [-0.05, 0) is 98.6 Å². The first kappa shape index (κ1) is 35.5. The second-order valence-corrected chi connectivity index (χ2v) is 29.2. The molecule has 12 heteroatoms. The molecule has 0 aromatic carbocycles. The van der Waals surface area contributed by atoms with Crippen molar-refractivity contribution in [3.8, 4) is 11.5 Å². The molecule has 2 aliphatic heterocycles. The first-order chi connectivity index (χ1) is 20.3. The number of ether oxygens (including phenoxy) is 2. The lowest BCUT2D eigenvalue weighted by molar-refractivity contribution is -0.152. The quantitative estimate of drug-likeness (QED) is 0.147. The van der Waals surface area contributed by atoms with Crippen LogP contribution in [0.5, 0.6) is 0 Å². The molecule has 0 amide bonds. The number of aromatic nitrogens is 2. The third kappa shape index (κ3) is 10.3. The molecule has 9 nitrogen and oxygen atoms in total. The Kier molecular flexibility index (Phi) is 11.1. The Labute approximate surface area is 267 Å². The minimum atomic E-state index is -1.94. The van der Waals surface area contributed by atoms with Crippen LogP contribution < -0.4 is 0 Å². The lowest BCUT2D eigenvalue weighted by atomic mass is 9.85. The monoisotopic (exact) mass is 664 g/mol. The summed E-state index contributed by atoms with van der Waals surface area (Å²) in [4.78, 5) is 4.45. The summed E-state index contributed by atoms with van der Waals surface area (Å²) >= 11 is 0. The van der Waals surface area contributed by atoms with Gasteiger partial charge in [0.1, 0.15) is 0 Å². The van der Waals surface area contributed by atoms with Crippen molar-refractivity contribution in [3.63, 3.8) is 0 Å². The fourth-order valence-corrected chi connectivity index (χ4v) is 9.57. The SMILES string of the molecule is C/C(=C\c1ncc(-c2cc(C)no2)o1)C[C@@H]1OC[C@H](C[C@@H]2O[C@H]2[C@@H](C)[C@H](C)O[Si](C)(C)C)[C@@H](O[Si](C)(C)C)[C@H]1O[Si](C)(C)C. The highest BCUT2D eigenvalue weighted by atomic mass is 28.4. The normalized spacial score (nSPS) is 28.2. The van der Waals surface area contributed by atoms with Crippen LogP contribution in [0.2, 0.25) is 58.9 Å². The predicted molar refractivity (Wildman–Crippen MR) is 181 cm³/mol. The van der Waals surface area contributed by atoms with E-state index >= 15 is 0 Å². The van der Waals surface area contributed by atoms with Crippen molar-refractivity contribution < 1.29 is 31.7 Å². The van der Waals surface area contributed by atoms with Gasteiger partial charge in [-0.1, -0.05) is 17.7 Å². The van der Waals surface area contributed by atoms with Crippen LogP contribution in [0.1, 0.15) is 45.2 Å². The Morgan fingerprint density at radius 1 is 0.955 bits per heavy atom. The van der Waals surface area contributed by atoms with Crippen LogP contribution >= 0.6 is 0 Å². The summed E-state index contributed by atoms with van der Waals surface area (Å²) in [5.74, 6) is 2.18. The molecular formula is C32H56N2O7Si3. The van der Waals surface area contributed by atoms with Gasteiger partial charge in [-0.15, -0.1) is 0 Å². The number of nitrogens with zero attached hydrogens (tertiary/aromatic N) is 2. The van der Waals surface area contributed by atoms with Crippen LogP contribution in [0.3, 0.4) is 0 Å². The van der Waals surface area contributed by atoms with Crippen molar-refractivity contribution >= 4 is 31.0 Å². The fraction of sp³-hybridized carbons (Fsp3) is 0.750. The summed E-state index contributed by atoms with van der Waals surface area (Å²) in [5, 5.41) is 3.94. The zero-order chi connectivity index (χ0) is 32.6. The molecule has 0 unspecified atom stereocenters. The molecule has 2 aliphatic rings. The molecule has 8 atom stereocenters. The van der Waals surface area contributed by atoms with Crippen LogP contribution in [0.15, 0.2) is 26.8 Å². The molecule has 2 aromatic heterocycles. The summed E-state index contributed by atoms with van der Waals surface area (Å²) in [7, 11) is -5.47. The third-order valence-electron chi connectivity index (χ3n) is 7.90. The van der Waals surface area contributed by atoms with Crippen LogP contribution in [-0.4, -0.2) is 78.3 Å². The van der Waals surface area contributed by atoms with Gasteiger partial charge in [-0.2, -0.15) is 0 Å². The fourth-order valence-electron chi connectivity index (χ4n) is 5.99. The van der Waals surface area contributed by atoms with E-state index < -0.39 is 25.0 Å². The van der Waals surface area contributed by atoms with E-state index in [-0.39, 0.29) is 42.5 Å². The Balaban J connectivity index is 1.49. The lowest BCUT2D eigenvalue weighted by Crippen LogP contribution is -2.58. The second kappa shape index (κ2) is 13.8. The molecule has 0 bridgehead atoms. The number of epoxide rings is 1. The topological polar surface area (TPSA) is 102 Å². The van der Waals surface area contributed by atoms with Crippen molar-refractivity contribution in [3.05, 3.63) is 29.4 Å². The zero-order valence-electron chi connectivity index (χ0n) is 29.2. The van der Waals surface area contributed by atoms with Gasteiger partial charge in [0.15, 0.2) is 30.7 Å². The maximum Gasteiger partial charge on any atom is 0.219 e. The number of hydrogen-bond donors (Lipinski definition) is 0.